The number of H-pyrrole nitrogens is 2. The molecule has 3 heterocycles. The maximum Gasteiger partial charge on any atom is 0.265 e. The lowest BCUT2D eigenvalue weighted by Crippen LogP contribution is -2.43. The topological polar surface area (TPSA) is 113 Å². The molecule has 4 rings (SSSR count). The summed E-state index contributed by atoms with van der Waals surface area (Å²) in [7, 11) is 0. The molecule has 1 saturated heterocycles. The maximum atomic E-state index is 12.3. The monoisotopic (exact) mass is 423 g/mol. The van der Waals surface area contributed by atoms with Crippen LogP contribution in [0, 0.1) is 11.5 Å². The molecule has 0 aliphatic carbocycles. The Morgan fingerprint density at radius 1 is 1.26 bits per heavy atom. The summed E-state index contributed by atoms with van der Waals surface area (Å²) >= 11 is 0. The zero-order chi connectivity index (χ0) is 22.0. The number of ether oxygens (including phenoxy) is 2. The van der Waals surface area contributed by atoms with Gasteiger partial charge in [0, 0.05) is 42.0 Å². The molecule has 4 N–H and O–H groups in total. The summed E-state index contributed by atoms with van der Waals surface area (Å²) in [6, 6.07) is 11.9. The van der Waals surface area contributed by atoms with E-state index in [4.69, 9.17) is 15.2 Å². The van der Waals surface area contributed by atoms with Crippen LogP contribution < -0.4 is 16.0 Å². The first-order valence-electron chi connectivity index (χ1n) is 10.3. The minimum absolute atomic E-state index is 0.000898. The molecule has 1 aliphatic heterocycles. The van der Waals surface area contributed by atoms with E-state index in [1.807, 2.05) is 24.3 Å². The number of aromatic amines is 2. The molecule has 31 heavy (non-hydrogen) atoms. The number of hydrogen-bond donors (Lipinski definition) is 3. The lowest BCUT2D eigenvalue weighted by molar-refractivity contribution is 0.0133. The van der Waals surface area contributed by atoms with Gasteiger partial charge in [0.25, 0.3) is 11.5 Å². The third-order valence-electron chi connectivity index (χ3n) is 5.36. The Morgan fingerprint density at radius 2 is 2.03 bits per heavy atom. The smallest absolute Gasteiger partial charge is 0.265 e. The van der Waals surface area contributed by atoms with Gasteiger partial charge in [0.05, 0.1) is 31.1 Å². The molecule has 0 spiro atoms. The van der Waals surface area contributed by atoms with Crippen molar-refractivity contribution < 1.29 is 14.3 Å². The van der Waals surface area contributed by atoms with Crippen LogP contribution in [-0.2, 0) is 4.74 Å². The number of rotatable bonds is 7. The molecule has 0 bridgehead atoms. The van der Waals surface area contributed by atoms with E-state index in [1.165, 1.54) is 6.07 Å². The molecule has 0 unspecified atom stereocenters. The molecule has 1 aliphatic rings. The SMILES string of the molecule is CC(C)(COc1ccc2[nH]c(-c3c[c]c(C(N)=O)[nH]c3=O)cc2c1)CN1CCOCC1. The fourth-order valence-electron chi connectivity index (χ4n) is 3.79. The third-order valence-corrected chi connectivity index (χ3v) is 5.36. The Hall–Kier alpha value is -3.10. The summed E-state index contributed by atoms with van der Waals surface area (Å²) in [5.74, 6) is 0.0521. The predicted octanol–water partition coefficient (Wildman–Crippen LogP) is 2.16. The first-order chi connectivity index (χ1) is 14.8. The van der Waals surface area contributed by atoms with Crippen LogP contribution in [0.5, 0.6) is 5.75 Å². The lowest BCUT2D eigenvalue weighted by atomic mass is 9.94. The Bertz CT molecular complexity index is 1140. The largest absolute Gasteiger partial charge is 0.493 e. The van der Waals surface area contributed by atoms with Gasteiger partial charge in [0.1, 0.15) is 11.4 Å². The summed E-state index contributed by atoms with van der Waals surface area (Å²) < 4.78 is 11.5. The predicted molar refractivity (Wildman–Crippen MR) is 118 cm³/mol. The average molecular weight is 423 g/mol. The zero-order valence-corrected chi connectivity index (χ0v) is 17.8. The second-order valence-electron chi connectivity index (χ2n) is 8.67. The summed E-state index contributed by atoms with van der Waals surface area (Å²) in [6.45, 7) is 9.44. The lowest BCUT2D eigenvalue weighted by Gasteiger charge is -2.34. The fraction of sp³-hybridized carbons (Fsp3) is 0.391. The molecule has 3 aromatic rings. The second-order valence-corrected chi connectivity index (χ2v) is 8.67. The van der Waals surface area contributed by atoms with Crippen LogP contribution in [0.3, 0.4) is 0 Å². The molecule has 0 atom stereocenters. The molecular weight excluding hydrogens is 396 g/mol. The number of aromatic nitrogens is 2. The number of carbonyl (C=O) groups excluding carboxylic acids is 1. The van der Waals surface area contributed by atoms with E-state index >= 15 is 0 Å². The van der Waals surface area contributed by atoms with Crippen LogP contribution in [0.15, 0.2) is 35.1 Å². The molecule has 8 heteroatoms. The van der Waals surface area contributed by atoms with Gasteiger partial charge >= 0.3 is 0 Å². The molecule has 0 saturated carbocycles. The van der Waals surface area contributed by atoms with Crippen LogP contribution in [0.1, 0.15) is 24.3 Å². The normalized spacial score (nSPS) is 15.3. The number of nitrogens with zero attached hydrogens (tertiary/aromatic N) is 1. The number of carbonyl (C=O) groups is 1. The van der Waals surface area contributed by atoms with Gasteiger partial charge in [0.15, 0.2) is 0 Å². The van der Waals surface area contributed by atoms with E-state index in [1.54, 1.807) is 0 Å². The van der Waals surface area contributed by atoms with Gasteiger partial charge in [-0.2, -0.15) is 0 Å². The summed E-state index contributed by atoms with van der Waals surface area (Å²) in [5, 5.41) is 0.928. The van der Waals surface area contributed by atoms with Crippen molar-refractivity contribution >= 4 is 16.8 Å². The summed E-state index contributed by atoms with van der Waals surface area (Å²) in [4.78, 5) is 31.6. The van der Waals surface area contributed by atoms with E-state index in [0.29, 0.717) is 17.9 Å². The third kappa shape index (κ3) is 4.98. The number of pyridine rings is 1. The number of hydrogen-bond acceptors (Lipinski definition) is 5. The van der Waals surface area contributed by atoms with Crippen LogP contribution in [0.25, 0.3) is 22.2 Å². The standard InChI is InChI=1S/C23H27N4O4/c1-23(2,13-27-7-9-30-10-8-27)14-31-16-3-5-18-15(11-16)12-20(25-18)17-4-6-19(21(24)28)26-22(17)29/h3-5,11-12,25H,7-10,13-14H2,1-2H3,(H2,24,28)(H,26,29). The van der Waals surface area contributed by atoms with Crippen LogP contribution in [0.4, 0.5) is 0 Å². The number of morpholine rings is 1. The van der Waals surface area contributed by atoms with E-state index in [0.717, 1.165) is 49.5 Å². The van der Waals surface area contributed by atoms with Crippen molar-refractivity contribution in [2.45, 2.75) is 13.8 Å². The van der Waals surface area contributed by atoms with Gasteiger partial charge in [-0.15, -0.1) is 0 Å². The van der Waals surface area contributed by atoms with Crippen molar-refractivity contribution in [1.29, 1.82) is 0 Å². The quantitative estimate of drug-likeness (QED) is 0.539. The van der Waals surface area contributed by atoms with Crippen molar-refractivity contribution in [2.75, 3.05) is 39.5 Å². The van der Waals surface area contributed by atoms with E-state index in [2.05, 4.69) is 34.8 Å². The number of nitrogens with two attached hydrogens (primary N) is 1. The van der Waals surface area contributed by atoms with Crippen molar-refractivity contribution in [1.82, 2.24) is 14.9 Å². The molecule has 1 amide bonds. The average Bonchev–Trinajstić information content (AvgIpc) is 3.15. The molecule has 1 radical (unpaired) electrons. The summed E-state index contributed by atoms with van der Waals surface area (Å²) in [6.07, 6.45) is 0. The molecule has 2 aromatic heterocycles. The number of primary amides is 1. The van der Waals surface area contributed by atoms with Gasteiger partial charge < -0.3 is 25.2 Å². The van der Waals surface area contributed by atoms with Gasteiger partial charge in [-0.1, -0.05) is 13.8 Å². The van der Waals surface area contributed by atoms with Gasteiger partial charge in [-0.25, -0.2) is 0 Å². The minimum Gasteiger partial charge on any atom is -0.493 e. The molecule has 1 aromatic carbocycles. The highest BCUT2D eigenvalue weighted by Gasteiger charge is 2.24. The van der Waals surface area contributed by atoms with E-state index in [-0.39, 0.29) is 11.1 Å². The Morgan fingerprint density at radius 3 is 2.74 bits per heavy atom. The summed E-state index contributed by atoms with van der Waals surface area (Å²) in [5.41, 5.74) is 6.65. The fourth-order valence-corrected chi connectivity index (χ4v) is 3.79. The maximum absolute atomic E-state index is 12.3. The van der Waals surface area contributed by atoms with E-state index < -0.39 is 11.5 Å². The Kier molecular flexibility index (Phi) is 5.84. The number of nitrogens with one attached hydrogen (secondary N) is 2. The molecule has 1 fully saturated rings. The highest BCUT2D eigenvalue weighted by molar-refractivity contribution is 5.91. The molecule has 163 valence electrons. The second kappa shape index (κ2) is 8.56. The van der Waals surface area contributed by atoms with E-state index in [9.17, 15) is 9.59 Å². The van der Waals surface area contributed by atoms with Crippen molar-refractivity contribution in [3.05, 3.63) is 52.4 Å². The number of amides is 1. The Labute approximate surface area is 180 Å². The Balaban J connectivity index is 1.47. The first-order valence-corrected chi connectivity index (χ1v) is 10.3. The van der Waals surface area contributed by atoms with Gasteiger partial charge in [-0.3, -0.25) is 14.5 Å². The molecule has 8 nitrogen and oxygen atoms in total. The van der Waals surface area contributed by atoms with Gasteiger partial charge in [-0.05, 0) is 30.3 Å². The first kappa shape index (κ1) is 21.1. The van der Waals surface area contributed by atoms with Crippen molar-refractivity contribution in [2.24, 2.45) is 11.1 Å². The van der Waals surface area contributed by atoms with Crippen LogP contribution in [-0.4, -0.2) is 60.2 Å². The number of fused-ring (bicyclic) bond motifs is 1. The van der Waals surface area contributed by atoms with Crippen LogP contribution >= 0.6 is 0 Å². The zero-order valence-electron chi connectivity index (χ0n) is 17.8. The number of benzene rings is 1. The van der Waals surface area contributed by atoms with Crippen LogP contribution in [0.2, 0.25) is 0 Å². The van der Waals surface area contributed by atoms with Crippen molar-refractivity contribution in [3.8, 4) is 17.0 Å². The highest BCUT2D eigenvalue weighted by Crippen LogP contribution is 2.27. The minimum atomic E-state index is -0.723. The van der Waals surface area contributed by atoms with Gasteiger partial charge in [0.2, 0.25) is 0 Å². The molecular formula is C23H27N4O4. The van der Waals surface area contributed by atoms with Crippen molar-refractivity contribution in [3.63, 3.8) is 0 Å². The highest BCUT2D eigenvalue weighted by atomic mass is 16.5.